The lowest BCUT2D eigenvalue weighted by molar-refractivity contribution is 0.0687. The molecule has 0 aliphatic carbocycles. The van der Waals surface area contributed by atoms with Gasteiger partial charge in [0.15, 0.2) is 5.82 Å². The zero-order valence-electron chi connectivity index (χ0n) is 19.4. The van der Waals surface area contributed by atoms with Crippen LogP contribution in [0, 0.1) is 11.6 Å². The highest BCUT2D eigenvalue weighted by atomic mass is 35.5. The van der Waals surface area contributed by atoms with E-state index in [1.165, 1.54) is 32.3 Å². The van der Waals surface area contributed by atoms with E-state index in [0.717, 1.165) is 30.5 Å². The van der Waals surface area contributed by atoms with Crippen molar-refractivity contribution in [3.8, 4) is 11.1 Å². The van der Waals surface area contributed by atoms with Gasteiger partial charge in [0, 0.05) is 52.3 Å². The van der Waals surface area contributed by atoms with Crippen molar-refractivity contribution in [2.45, 2.75) is 31.9 Å². The molecule has 7 nitrogen and oxygen atoms in total. The van der Waals surface area contributed by atoms with Gasteiger partial charge in [0.25, 0.3) is 6.43 Å². The SMILES string of the molecule is CC(C)(O)c1ncc(-c2cc3c(N[C@@H](c4cc(C(N)=O)ccc4F)C(F)F)c(Cl)cnc3cc2F)cn1. The van der Waals surface area contributed by atoms with Crippen LogP contribution < -0.4 is 11.1 Å². The van der Waals surface area contributed by atoms with E-state index in [1.54, 1.807) is 0 Å². The molecule has 0 saturated heterocycles. The fraction of sp³-hybridized carbons (Fsp3) is 0.200. The maximum absolute atomic E-state index is 15.0. The number of nitrogens with one attached hydrogen (secondary N) is 1. The molecule has 0 unspecified atom stereocenters. The second-order valence-electron chi connectivity index (χ2n) is 8.74. The van der Waals surface area contributed by atoms with Crippen LogP contribution in [0.5, 0.6) is 0 Å². The lowest BCUT2D eigenvalue weighted by Gasteiger charge is -2.22. The first-order valence-corrected chi connectivity index (χ1v) is 11.2. The van der Waals surface area contributed by atoms with E-state index in [0.29, 0.717) is 0 Å². The van der Waals surface area contributed by atoms with Gasteiger partial charge in [0.2, 0.25) is 5.91 Å². The van der Waals surface area contributed by atoms with E-state index in [2.05, 4.69) is 20.3 Å². The third-order valence-corrected chi connectivity index (χ3v) is 5.87. The molecule has 4 N–H and O–H groups in total. The number of pyridine rings is 1. The molecule has 0 saturated carbocycles. The quantitative estimate of drug-likeness (QED) is 0.275. The number of anilines is 1. The molecule has 192 valence electrons. The van der Waals surface area contributed by atoms with Gasteiger partial charge in [-0.05, 0) is 38.1 Å². The second-order valence-corrected chi connectivity index (χ2v) is 9.15. The predicted octanol–water partition coefficient (Wildman–Crippen LogP) is 5.37. The van der Waals surface area contributed by atoms with Crippen molar-refractivity contribution >= 4 is 34.1 Å². The molecule has 37 heavy (non-hydrogen) atoms. The molecule has 2 aromatic carbocycles. The van der Waals surface area contributed by atoms with Crippen LogP contribution in [0.1, 0.15) is 41.6 Å². The van der Waals surface area contributed by atoms with Crippen LogP contribution in [-0.2, 0) is 5.60 Å². The maximum Gasteiger partial charge on any atom is 0.262 e. The van der Waals surface area contributed by atoms with Gasteiger partial charge in [0.05, 0.1) is 16.2 Å². The number of carbonyl (C=O) groups excluding carboxylic acids is 1. The van der Waals surface area contributed by atoms with Crippen molar-refractivity contribution in [2.24, 2.45) is 5.73 Å². The molecule has 0 aliphatic heterocycles. The number of hydrogen-bond donors (Lipinski definition) is 3. The summed E-state index contributed by atoms with van der Waals surface area (Å²) in [5.41, 5.74) is 3.51. The molecule has 0 bridgehead atoms. The molecule has 4 rings (SSSR count). The van der Waals surface area contributed by atoms with Crippen molar-refractivity contribution in [2.75, 3.05) is 5.32 Å². The standard InChI is InChI=1S/C25H20ClF4N5O2/c1-25(2,37)24-33-8-12(9-34-24)13-6-15-19(7-18(13)28)32-10-16(26)20(15)35-21(22(29)30)14-5-11(23(31)36)3-4-17(14)27/h3-10,21-22,37H,1-2H3,(H2,31,36)(H,32,35)/t21-/m0/s1. The highest BCUT2D eigenvalue weighted by Gasteiger charge is 2.28. The maximum atomic E-state index is 15.0. The van der Waals surface area contributed by atoms with Gasteiger partial charge >= 0.3 is 0 Å². The highest BCUT2D eigenvalue weighted by Crippen LogP contribution is 2.38. The van der Waals surface area contributed by atoms with E-state index < -0.39 is 41.2 Å². The Morgan fingerprint density at radius 1 is 1.05 bits per heavy atom. The molecule has 0 spiro atoms. The van der Waals surface area contributed by atoms with Crippen molar-refractivity contribution < 1.29 is 27.5 Å². The number of amides is 1. The van der Waals surface area contributed by atoms with Crippen LogP contribution in [0.15, 0.2) is 48.9 Å². The third kappa shape index (κ3) is 5.32. The van der Waals surface area contributed by atoms with Crippen molar-refractivity contribution in [1.82, 2.24) is 15.0 Å². The fourth-order valence-corrected chi connectivity index (χ4v) is 3.91. The Morgan fingerprint density at radius 3 is 2.32 bits per heavy atom. The van der Waals surface area contributed by atoms with E-state index in [4.69, 9.17) is 17.3 Å². The first-order chi connectivity index (χ1) is 17.4. The Morgan fingerprint density at radius 2 is 1.73 bits per heavy atom. The smallest absolute Gasteiger partial charge is 0.262 e. The number of aromatic nitrogens is 3. The fourth-order valence-electron chi connectivity index (χ4n) is 3.71. The van der Waals surface area contributed by atoms with Crippen molar-refractivity contribution in [3.63, 3.8) is 0 Å². The van der Waals surface area contributed by atoms with Crippen LogP contribution >= 0.6 is 11.6 Å². The average molecular weight is 534 g/mol. The van der Waals surface area contributed by atoms with E-state index in [-0.39, 0.29) is 44.1 Å². The minimum Gasteiger partial charge on any atom is -0.382 e. The Kier molecular flexibility index (Phi) is 7.03. The minimum atomic E-state index is -3.14. The normalized spacial score (nSPS) is 12.7. The number of carbonyl (C=O) groups is 1. The lowest BCUT2D eigenvalue weighted by Crippen LogP contribution is -2.22. The number of aliphatic hydroxyl groups is 1. The van der Waals surface area contributed by atoms with Crippen LogP contribution in [0.3, 0.4) is 0 Å². The number of nitrogens with two attached hydrogens (primary N) is 1. The summed E-state index contributed by atoms with van der Waals surface area (Å²) in [6.07, 6.45) is 0.621. The van der Waals surface area contributed by atoms with Crippen molar-refractivity contribution in [1.29, 1.82) is 0 Å². The van der Waals surface area contributed by atoms with Crippen molar-refractivity contribution in [3.05, 3.63) is 82.5 Å². The van der Waals surface area contributed by atoms with Crippen LogP contribution in [0.25, 0.3) is 22.0 Å². The number of benzene rings is 2. The average Bonchev–Trinajstić information content (AvgIpc) is 2.83. The van der Waals surface area contributed by atoms with Gasteiger partial charge in [-0.25, -0.2) is 27.5 Å². The molecule has 1 amide bonds. The van der Waals surface area contributed by atoms with E-state index >= 15 is 0 Å². The van der Waals surface area contributed by atoms with E-state index in [1.807, 2.05) is 0 Å². The molecule has 2 aromatic heterocycles. The number of rotatable bonds is 7. The molecule has 0 fully saturated rings. The lowest BCUT2D eigenvalue weighted by atomic mass is 10.0. The number of halogens is 5. The summed E-state index contributed by atoms with van der Waals surface area (Å²) in [6.45, 7) is 2.98. The largest absolute Gasteiger partial charge is 0.382 e. The first-order valence-electron chi connectivity index (χ1n) is 10.8. The molecule has 0 aliphatic rings. The predicted molar refractivity (Wildman–Crippen MR) is 130 cm³/mol. The van der Waals surface area contributed by atoms with E-state index in [9.17, 15) is 27.5 Å². The summed E-state index contributed by atoms with van der Waals surface area (Å²) in [7, 11) is 0. The van der Waals surface area contributed by atoms with Crippen LogP contribution in [-0.4, -0.2) is 32.4 Å². The third-order valence-electron chi connectivity index (χ3n) is 5.59. The second kappa shape index (κ2) is 9.91. The Hall–Kier alpha value is -3.83. The number of nitrogens with zero attached hydrogens (tertiary/aromatic N) is 3. The van der Waals surface area contributed by atoms with Gasteiger partial charge < -0.3 is 16.2 Å². The Balaban J connectivity index is 1.84. The zero-order valence-corrected chi connectivity index (χ0v) is 20.2. The van der Waals surface area contributed by atoms with Gasteiger partial charge in [-0.3, -0.25) is 9.78 Å². The summed E-state index contributed by atoms with van der Waals surface area (Å²) in [5, 5.41) is 12.7. The minimum absolute atomic E-state index is 0.0115. The molecule has 2 heterocycles. The number of hydrogen-bond acceptors (Lipinski definition) is 6. The molecule has 0 radical (unpaired) electrons. The number of alkyl halides is 2. The summed E-state index contributed by atoms with van der Waals surface area (Å²) < 4.78 is 57.9. The van der Waals surface area contributed by atoms with Gasteiger partial charge in [-0.1, -0.05) is 11.6 Å². The molecule has 12 heteroatoms. The summed E-state index contributed by atoms with van der Waals surface area (Å²) >= 11 is 6.29. The number of primary amides is 1. The number of fused-ring (bicyclic) bond motifs is 1. The van der Waals surface area contributed by atoms with Gasteiger partial charge in [0.1, 0.15) is 23.3 Å². The Bertz CT molecular complexity index is 1490. The van der Waals surface area contributed by atoms with Gasteiger partial charge in [-0.2, -0.15) is 0 Å². The van der Waals surface area contributed by atoms with Gasteiger partial charge in [-0.15, -0.1) is 0 Å². The van der Waals surface area contributed by atoms with Crippen LogP contribution in [0.2, 0.25) is 5.02 Å². The first kappa shape index (κ1) is 26.2. The summed E-state index contributed by atoms with van der Waals surface area (Å²) in [4.78, 5) is 23.7. The molecule has 4 aromatic rings. The zero-order chi connectivity index (χ0) is 27.1. The summed E-state index contributed by atoms with van der Waals surface area (Å²) in [5.74, 6) is -2.49. The molecular weight excluding hydrogens is 514 g/mol. The highest BCUT2D eigenvalue weighted by molar-refractivity contribution is 6.34. The molecule has 1 atom stereocenters. The topological polar surface area (TPSA) is 114 Å². The Labute approximate surface area is 213 Å². The molecular formula is C25H20ClF4N5O2. The monoisotopic (exact) mass is 533 g/mol. The summed E-state index contributed by atoms with van der Waals surface area (Å²) in [6, 6.07) is 3.35. The van der Waals surface area contributed by atoms with Crippen LogP contribution in [0.4, 0.5) is 23.2 Å².